The van der Waals surface area contributed by atoms with E-state index in [1.165, 1.54) is 4.90 Å². The molecule has 0 aliphatic heterocycles. The molecule has 1 heterocycles. The SMILES string of the molecule is CCNC(=NCC(C)(O)c1ccc(C)o1)NCCSc1ccccc1.I. The minimum Gasteiger partial charge on any atom is -0.463 e. The summed E-state index contributed by atoms with van der Waals surface area (Å²) in [5, 5.41) is 17.1. The lowest BCUT2D eigenvalue weighted by atomic mass is 10.0. The van der Waals surface area contributed by atoms with E-state index in [4.69, 9.17) is 4.42 Å². The first kappa shape index (κ1) is 22.9. The summed E-state index contributed by atoms with van der Waals surface area (Å²) in [5.74, 6) is 2.94. The smallest absolute Gasteiger partial charge is 0.191 e. The lowest BCUT2D eigenvalue weighted by Crippen LogP contribution is -2.39. The zero-order valence-corrected chi connectivity index (χ0v) is 18.6. The van der Waals surface area contributed by atoms with Crippen LogP contribution in [-0.4, -0.2) is 36.5 Å². The van der Waals surface area contributed by atoms with Crippen LogP contribution in [0.2, 0.25) is 0 Å². The molecular weight excluding hydrogens is 461 g/mol. The highest BCUT2D eigenvalue weighted by atomic mass is 127. The fourth-order valence-corrected chi connectivity index (χ4v) is 3.02. The van der Waals surface area contributed by atoms with Crippen LogP contribution >= 0.6 is 35.7 Å². The van der Waals surface area contributed by atoms with Crippen molar-refractivity contribution in [3.63, 3.8) is 0 Å². The second-order valence-electron chi connectivity index (χ2n) is 5.97. The molecule has 0 radical (unpaired) electrons. The van der Waals surface area contributed by atoms with Gasteiger partial charge in [0.2, 0.25) is 0 Å². The first-order valence-corrected chi connectivity index (χ1v) is 9.49. The Balaban J connectivity index is 0.00000338. The number of hydrogen-bond donors (Lipinski definition) is 3. The number of aliphatic imine (C=N–C) groups is 1. The van der Waals surface area contributed by atoms with E-state index in [1.807, 2.05) is 38.1 Å². The van der Waals surface area contributed by atoms with Gasteiger partial charge < -0.3 is 20.2 Å². The van der Waals surface area contributed by atoms with Crippen molar-refractivity contribution in [1.82, 2.24) is 10.6 Å². The molecule has 0 aliphatic carbocycles. The molecule has 144 valence electrons. The van der Waals surface area contributed by atoms with Crippen LogP contribution in [0, 0.1) is 6.92 Å². The number of aliphatic hydroxyl groups is 1. The summed E-state index contributed by atoms with van der Waals surface area (Å²) < 4.78 is 5.52. The van der Waals surface area contributed by atoms with E-state index in [0.29, 0.717) is 11.7 Å². The molecular formula is C19H28IN3O2S. The normalized spacial score (nSPS) is 13.6. The molecule has 1 aromatic carbocycles. The first-order valence-electron chi connectivity index (χ1n) is 8.50. The maximum absolute atomic E-state index is 10.6. The van der Waals surface area contributed by atoms with Crippen molar-refractivity contribution in [2.24, 2.45) is 4.99 Å². The minimum atomic E-state index is -1.13. The Labute approximate surface area is 177 Å². The zero-order valence-electron chi connectivity index (χ0n) is 15.5. The van der Waals surface area contributed by atoms with Gasteiger partial charge in [-0.15, -0.1) is 35.7 Å². The Kier molecular flexibility index (Phi) is 10.1. The maximum atomic E-state index is 10.6. The summed E-state index contributed by atoms with van der Waals surface area (Å²) in [4.78, 5) is 5.74. The number of halogens is 1. The van der Waals surface area contributed by atoms with Crippen molar-refractivity contribution in [3.05, 3.63) is 54.0 Å². The van der Waals surface area contributed by atoms with Gasteiger partial charge >= 0.3 is 0 Å². The number of nitrogens with zero attached hydrogens (tertiary/aromatic N) is 1. The lowest BCUT2D eigenvalue weighted by Gasteiger charge is -2.19. The molecule has 2 aromatic rings. The molecule has 5 nitrogen and oxygen atoms in total. The van der Waals surface area contributed by atoms with Crippen LogP contribution in [0.25, 0.3) is 0 Å². The zero-order chi connectivity index (χ0) is 18.1. The monoisotopic (exact) mass is 489 g/mol. The molecule has 0 saturated carbocycles. The Hall–Kier alpha value is -1.19. The highest BCUT2D eigenvalue weighted by Gasteiger charge is 2.26. The summed E-state index contributed by atoms with van der Waals surface area (Å²) in [5.41, 5.74) is -1.13. The van der Waals surface area contributed by atoms with E-state index < -0.39 is 5.60 Å². The first-order chi connectivity index (χ1) is 12.0. The molecule has 0 spiro atoms. The largest absolute Gasteiger partial charge is 0.463 e. The summed E-state index contributed by atoms with van der Waals surface area (Å²) in [6.45, 7) is 7.36. The summed E-state index contributed by atoms with van der Waals surface area (Å²) in [6, 6.07) is 13.9. The molecule has 0 amide bonds. The van der Waals surface area contributed by atoms with Crippen molar-refractivity contribution < 1.29 is 9.52 Å². The van der Waals surface area contributed by atoms with Crippen molar-refractivity contribution in [2.75, 3.05) is 25.4 Å². The van der Waals surface area contributed by atoms with Gasteiger partial charge in [0.15, 0.2) is 5.96 Å². The molecule has 3 N–H and O–H groups in total. The van der Waals surface area contributed by atoms with Crippen molar-refractivity contribution in [1.29, 1.82) is 0 Å². The molecule has 0 saturated heterocycles. The van der Waals surface area contributed by atoms with E-state index in [9.17, 15) is 5.11 Å². The maximum Gasteiger partial charge on any atom is 0.191 e. The van der Waals surface area contributed by atoms with Crippen molar-refractivity contribution in [2.45, 2.75) is 31.3 Å². The van der Waals surface area contributed by atoms with Gasteiger partial charge in [0, 0.05) is 23.7 Å². The predicted molar refractivity (Wildman–Crippen MR) is 120 cm³/mol. The predicted octanol–water partition coefficient (Wildman–Crippen LogP) is 3.76. The van der Waals surface area contributed by atoms with E-state index >= 15 is 0 Å². The molecule has 0 fully saturated rings. The number of hydrogen-bond acceptors (Lipinski definition) is 4. The second kappa shape index (κ2) is 11.5. The van der Waals surface area contributed by atoms with Crippen molar-refractivity contribution in [3.8, 4) is 0 Å². The van der Waals surface area contributed by atoms with Gasteiger partial charge in [-0.05, 0) is 45.0 Å². The number of furan rings is 1. The van der Waals surface area contributed by atoms with Gasteiger partial charge in [-0.25, -0.2) is 4.99 Å². The number of nitrogens with one attached hydrogen (secondary N) is 2. The van der Waals surface area contributed by atoms with Gasteiger partial charge in [0.1, 0.15) is 17.1 Å². The van der Waals surface area contributed by atoms with Crippen LogP contribution in [0.3, 0.4) is 0 Å². The summed E-state index contributed by atoms with van der Waals surface area (Å²) in [6.07, 6.45) is 0. The number of guanidine groups is 1. The molecule has 2 rings (SSSR count). The average Bonchev–Trinajstić information content (AvgIpc) is 3.05. The van der Waals surface area contributed by atoms with Gasteiger partial charge in [-0.2, -0.15) is 0 Å². The van der Waals surface area contributed by atoms with Crippen LogP contribution in [0.4, 0.5) is 0 Å². The average molecular weight is 489 g/mol. The topological polar surface area (TPSA) is 69.8 Å². The third kappa shape index (κ3) is 7.59. The van der Waals surface area contributed by atoms with E-state index in [1.54, 1.807) is 24.8 Å². The molecule has 1 atom stereocenters. The molecule has 1 unspecified atom stereocenters. The fraction of sp³-hybridized carbons (Fsp3) is 0.421. The molecule has 0 bridgehead atoms. The quantitative estimate of drug-likeness (QED) is 0.173. The van der Waals surface area contributed by atoms with Crippen LogP contribution in [-0.2, 0) is 5.60 Å². The van der Waals surface area contributed by atoms with E-state index in [2.05, 4.69) is 27.8 Å². The van der Waals surface area contributed by atoms with Crippen LogP contribution in [0.5, 0.6) is 0 Å². The van der Waals surface area contributed by atoms with Gasteiger partial charge in [0.05, 0.1) is 6.54 Å². The van der Waals surface area contributed by atoms with Crippen LogP contribution < -0.4 is 10.6 Å². The summed E-state index contributed by atoms with van der Waals surface area (Å²) >= 11 is 1.79. The molecule has 0 aliphatic rings. The number of thioether (sulfide) groups is 1. The van der Waals surface area contributed by atoms with Crippen LogP contribution in [0.15, 0.2) is 56.8 Å². The minimum absolute atomic E-state index is 0. The lowest BCUT2D eigenvalue weighted by molar-refractivity contribution is 0.0428. The Bertz CT molecular complexity index is 674. The van der Waals surface area contributed by atoms with Gasteiger partial charge in [0.25, 0.3) is 0 Å². The van der Waals surface area contributed by atoms with E-state index in [0.717, 1.165) is 24.6 Å². The molecule has 26 heavy (non-hydrogen) atoms. The third-order valence-electron chi connectivity index (χ3n) is 3.57. The van der Waals surface area contributed by atoms with Gasteiger partial charge in [-0.3, -0.25) is 0 Å². The number of aryl methyl sites for hydroxylation is 1. The third-order valence-corrected chi connectivity index (χ3v) is 4.58. The summed E-state index contributed by atoms with van der Waals surface area (Å²) in [7, 11) is 0. The highest BCUT2D eigenvalue weighted by molar-refractivity contribution is 14.0. The standard InChI is InChI=1S/C19H27N3O2S.HI/c1-4-20-18(21-12-13-25-16-8-6-5-7-9-16)22-14-19(3,23)17-11-10-15(2)24-17;/h5-11,23H,4,12-14H2,1-3H3,(H2,20,21,22);1H. The molecule has 1 aromatic heterocycles. The van der Waals surface area contributed by atoms with Gasteiger partial charge in [-0.1, -0.05) is 18.2 Å². The number of rotatable bonds is 8. The Morgan fingerprint density at radius 1 is 1.19 bits per heavy atom. The highest BCUT2D eigenvalue weighted by Crippen LogP contribution is 2.23. The Morgan fingerprint density at radius 2 is 1.92 bits per heavy atom. The fourth-order valence-electron chi connectivity index (χ4n) is 2.23. The van der Waals surface area contributed by atoms with Crippen molar-refractivity contribution >= 4 is 41.7 Å². The molecule has 7 heteroatoms. The number of benzene rings is 1. The Morgan fingerprint density at radius 3 is 2.54 bits per heavy atom. The van der Waals surface area contributed by atoms with Crippen LogP contribution in [0.1, 0.15) is 25.4 Å². The van der Waals surface area contributed by atoms with E-state index in [-0.39, 0.29) is 30.5 Å². The second-order valence-corrected chi connectivity index (χ2v) is 7.14.